The Kier molecular flexibility index (Phi) is 5.82. The lowest BCUT2D eigenvalue weighted by atomic mass is 10.1. The minimum atomic E-state index is -3.05. The second-order valence-corrected chi connectivity index (χ2v) is 8.14. The third-order valence-electron chi connectivity index (χ3n) is 4.02. The number of carbonyl (C=O) groups is 2. The summed E-state index contributed by atoms with van der Waals surface area (Å²) < 4.78 is 23.3. The average molecular weight is 354 g/mol. The molecule has 0 bridgehead atoms. The van der Waals surface area contributed by atoms with Crippen molar-refractivity contribution in [3.8, 4) is 0 Å². The second kappa shape index (κ2) is 7.65. The molecule has 1 fully saturated rings. The molecule has 1 unspecified atom stereocenters. The van der Waals surface area contributed by atoms with Crippen LogP contribution in [0.4, 0.5) is 4.79 Å². The van der Waals surface area contributed by atoms with Crippen molar-refractivity contribution in [2.75, 3.05) is 18.1 Å². The monoisotopic (exact) mass is 354 g/mol. The first-order valence-electron chi connectivity index (χ1n) is 7.89. The molecular weight excluding hydrogens is 332 g/mol. The van der Waals surface area contributed by atoms with Gasteiger partial charge in [-0.2, -0.15) is 0 Å². The Morgan fingerprint density at radius 2 is 1.96 bits per heavy atom. The largest absolute Gasteiger partial charge is 0.478 e. The van der Waals surface area contributed by atoms with E-state index in [0.717, 1.165) is 12.0 Å². The lowest BCUT2D eigenvalue weighted by molar-refractivity contribution is 0.0696. The molecule has 1 atom stereocenters. The number of sulfone groups is 1. The van der Waals surface area contributed by atoms with Crippen LogP contribution in [0.15, 0.2) is 24.3 Å². The molecule has 1 aliphatic rings. The van der Waals surface area contributed by atoms with Crippen LogP contribution in [0.3, 0.4) is 0 Å². The number of nitrogens with one attached hydrogen (secondary N) is 1. The Hall–Kier alpha value is -2.09. The molecule has 1 heterocycles. The fraction of sp³-hybridized carbons (Fsp3) is 0.500. The summed E-state index contributed by atoms with van der Waals surface area (Å²) in [6, 6.07) is 5.70. The van der Waals surface area contributed by atoms with Gasteiger partial charge in [0.05, 0.1) is 17.1 Å². The third kappa shape index (κ3) is 4.70. The topological polar surface area (TPSA) is 104 Å². The molecule has 24 heavy (non-hydrogen) atoms. The number of hydrogen-bond acceptors (Lipinski definition) is 4. The molecule has 0 aliphatic carbocycles. The summed E-state index contributed by atoms with van der Waals surface area (Å²) in [6.07, 6.45) is 1.22. The van der Waals surface area contributed by atoms with Crippen LogP contribution < -0.4 is 5.32 Å². The van der Waals surface area contributed by atoms with Crippen LogP contribution in [0.2, 0.25) is 0 Å². The maximum Gasteiger partial charge on any atom is 0.335 e. The molecule has 1 aliphatic heterocycles. The molecule has 132 valence electrons. The number of benzene rings is 1. The van der Waals surface area contributed by atoms with Crippen LogP contribution >= 0.6 is 0 Å². The number of carboxylic acid groups (broad SMARTS) is 1. The van der Waals surface area contributed by atoms with Crippen molar-refractivity contribution < 1.29 is 23.1 Å². The molecule has 1 aromatic carbocycles. The van der Waals surface area contributed by atoms with Crippen molar-refractivity contribution in [3.63, 3.8) is 0 Å². The molecule has 2 rings (SSSR count). The number of nitrogens with zero attached hydrogens (tertiary/aromatic N) is 1. The van der Waals surface area contributed by atoms with E-state index < -0.39 is 15.8 Å². The fourth-order valence-corrected chi connectivity index (χ4v) is 4.49. The van der Waals surface area contributed by atoms with E-state index in [-0.39, 0.29) is 35.7 Å². The van der Waals surface area contributed by atoms with E-state index in [1.54, 1.807) is 17.0 Å². The molecule has 0 radical (unpaired) electrons. The molecule has 2 N–H and O–H groups in total. The standard InChI is InChI=1S/C16H22N2O5S/c1-2-8-18(14-7-9-24(22,23)11-14)16(21)17-10-12-3-5-13(6-4-12)15(19)20/h3-6,14H,2,7-11H2,1H3,(H,17,21)(H,19,20). The highest BCUT2D eigenvalue weighted by atomic mass is 32.2. The van der Waals surface area contributed by atoms with Gasteiger partial charge in [-0.25, -0.2) is 18.0 Å². The number of carbonyl (C=O) groups excluding carboxylic acids is 1. The fourth-order valence-electron chi connectivity index (χ4n) is 2.76. The first kappa shape index (κ1) is 18.3. The lowest BCUT2D eigenvalue weighted by Crippen LogP contribution is -2.46. The summed E-state index contributed by atoms with van der Waals surface area (Å²) in [6.45, 7) is 2.71. The van der Waals surface area contributed by atoms with Gasteiger partial charge in [0.15, 0.2) is 9.84 Å². The van der Waals surface area contributed by atoms with Gasteiger partial charge in [0.25, 0.3) is 0 Å². The molecule has 2 amide bonds. The van der Waals surface area contributed by atoms with Crippen molar-refractivity contribution in [3.05, 3.63) is 35.4 Å². The summed E-state index contributed by atoms with van der Waals surface area (Å²) in [5, 5.41) is 11.6. The van der Waals surface area contributed by atoms with Gasteiger partial charge >= 0.3 is 12.0 Å². The van der Waals surface area contributed by atoms with E-state index in [9.17, 15) is 18.0 Å². The molecule has 1 aromatic rings. The van der Waals surface area contributed by atoms with Gasteiger partial charge in [-0.15, -0.1) is 0 Å². The molecule has 0 spiro atoms. The van der Waals surface area contributed by atoms with E-state index in [1.165, 1.54) is 12.1 Å². The second-order valence-electron chi connectivity index (χ2n) is 5.91. The molecule has 7 nitrogen and oxygen atoms in total. The highest BCUT2D eigenvalue weighted by Gasteiger charge is 2.34. The summed E-state index contributed by atoms with van der Waals surface area (Å²) in [4.78, 5) is 24.8. The normalized spacial score (nSPS) is 19.0. The van der Waals surface area contributed by atoms with Crippen LogP contribution in [0.25, 0.3) is 0 Å². The van der Waals surface area contributed by atoms with E-state index in [0.29, 0.717) is 13.0 Å². The van der Waals surface area contributed by atoms with Gasteiger partial charge in [0.2, 0.25) is 0 Å². The Morgan fingerprint density at radius 1 is 1.29 bits per heavy atom. The van der Waals surface area contributed by atoms with Crippen molar-refractivity contribution in [2.45, 2.75) is 32.4 Å². The SMILES string of the molecule is CCCN(C(=O)NCc1ccc(C(=O)O)cc1)C1CCS(=O)(=O)C1. The highest BCUT2D eigenvalue weighted by molar-refractivity contribution is 7.91. The van der Waals surface area contributed by atoms with Gasteiger partial charge in [-0.3, -0.25) is 0 Å². The summed E-state index contributed by atoms with van der Waals surface area (Å²) in [7, 11) is -3.05. The number of hydrogen-bond donors (Lipinski definition) is 2. The van der Waals surface area contributed by atoms with E-state index in [4.69, 9.17) is 5.11 Å². The Balaban J connectivity index is 1.96. The van der Waals surface area contributed by atoms with E-state index >= 15 is 0 Å². The third-order valence-corrected chi connectivity index (χ3v) is 5.77. The van der Waals surface area contributed by atoms with Gasteiger partial charge in [-0.1, -0.05) is 19.1 Å². The molecule has 1 saturated heterocycles. The molecule has 0 aromatic heterocycles. The smallest absolute Gasteiger partial charge is 0.335 e. The molecule has 8 heteroatoms. The number of carboxylic acids is 1. The van der Waals surface area contributed by atoms with E-state index in [1.807, 2.05) is 6.92 Å². The minimum Gasteiger partial charge on any atom is -0.478 e. The van der Waals surface area contributed by atoms with Gasteiger partial charge in [0.1, 0.15) is 0 Å². The zero-order valence-electron chi connectivity index (χ0n) is 13.6. The minimum absolute atomic E-state index is 0.0216. The quantitative estimate of drug-likeness (QED) is 0.805. The van der Waals surface area contributed by atoms with Crippen molar-refractivity contribution in [1.29, 1.82) is 0 Å². The number of aromatic carboxylic acids is 1. The Morgan fingerprint density at radius 3 is 2.46 bits per heavy atom. The first-order chi connectivity index (χ1) is 11.3. The van der Waals surface area contributed by atoms with Crippen molar-refractivity contribution in [1.82, 2.24) is 10.2 Å². The molecule has 0 saturated carbocycles. The van der Waals surface area contributed by atoms with Gasteiger partial charge < -0.3 is 15.3 Å². The number of rotatable bonds is 6. The maximum absolute atomic E-state index is 12.4. The Bertz CT molecular complexity index is 700. The molecular formula is C16H22N2O5S. The average Bonchev–Trinajstić information content (AvgIpc) is 2.90. The van der Waals surface area contributed by atoms with Crippen LogP contribution in [-0.4, -0.2) is 54.5 Å². The summed E-state index contributed by atoms with van der Waals surface area (Å²) in [5.41, 5.74) is 0.970. The number of urea groups is 1. The highest BCUT2D eigenvalue weighted by Crippen LogP contribution is 2.18. The van der Waals surface area contributed by atoms with Crippen molar-refractivity contribution in [2.24, 2.45) is 0 Å². The first-order valence-corrected chi connectivity index (χ1v) is 9.71. The van der Waals surface area contributed by atoms with Crippen LogP contribution in [0, 0.1) is 0 Å². The van der Waals surface area contributed by atoms with Crippen LogP contribution in [-0.2, 0) is 16.4 Å². The number of amides is 2. The van der Waals surface area contributed by atoms with Crippen LogP contribution in [0.1, 0.15) is 35.7 Å². The lowest BCUT2D eigenvalue weighted by Gasteiger charge is -2.28. The van der Waals surface area contributed by atoms with E-state index in [2.05, 4.69) is 5.32 Å². The zero-order valence-corrected chi connectivity index (χ0v) is 14.4. The van der Waals surface area contributed by atoms with Crippen molar-refractivity contribution >= 4 is 21.8 Å². The van der Waals surface area contributed by atoms with Crippen LogP contribution in [0.5, 0.6) is 0 Å². The predicted molar refractivity (Wildman–Crippen MR) is 89.7 cm³/mol. The maximum atomic E-state index is 12.4. The Labute approximate surface area is 141 Å². The van der Waals surface area contributed by atoms with Gasteiger partial charge in [0, 0.05) is 19.1 Å². The zero-order chi connectivity index (χ0) is 17.7. The summed E-state index contributed by atoms with van der Waals surface area (Å²) in [5.74, 6) is -0.850. The van der Waals surface area contributed by atoms with Gasteiger partial charge in [-0.05, 0) is 30.5 Å². The summed E-state index contributed by atoms with van der Waals surface area (Å²) >= 11 is 0. The predicted octanol–water partition coefficient (Wildman–Crippen LogP) is 1.49.